The van der Waals surface area contributed by atoms with Crippen LogP contribution in [0.5, 0.6) is 0 Å². The van der Waals surface area contributed by atoms with E-state index >= 15 is 0 Å². The second-order valence-corrected chi connectivity index (χ2v) is 5.38. The van der Waals surface area contributed by atoms with E-state index in [4.69, 9.17) is 0 Å². The average Bonchev–Trinajstić information content (AvgIpc) is 3.05. The topological polar surface area (TPSA) is 73.6 Å². The van der Waals surface area contributed by atoms with Crippen LogP contribution in [-0.4, -0.2) is 31.0 Å². The highest BCUT2D eigenvalue weighted by Crippen LogP contribution is 2.26. The van der Waals surface area contributed by atoms with E-state index in [9.17, 15) is 4.79 Å². The van der Waals surface area contributed by atoms with Crippen LogP contribution in [0.1, 0.15) is 22.4 Å². The molecule has 0 radical (unpaired) electrons. The van der Waals surface area contributed by atoms with Crippen LogP contribution >= 0.6 is 11.3 Å². The van der Waals surface area contributed by atoms with Gasteiger partial charge in [-0.1, -0.05) is 46.9 Å². The number of hydrogen-bond acceptors (Lipinski definition) is 6. The van der Waals surface area contributed by atoms with Crippen LogP contribution in [0.25, 0.3) is 16.4 Å². The van der Waals surface area contributed by atoms with E-state index in [-0.39, 0.29) is 5.78 Å². The third kappa shape index (κ3) is 2.12. The molecule has 0 N–H and O–H groups in total. The van der Waals surface area contributed by atoms with Gasteiger partial charge in [0.25, 0.3) is 0 Å². The average molecular weight is 285 g/mol. The number of rotatable bonds is 3. The predicted molar refractivity (Wildman–Crippen MR) is 75.0 cm³/mol. The molecule has 0 atom stereocenters. The molecule has 0 aliphatic rings. The highest BCUT2D eigenvalue weighted by atomic mass is 32.1. The van der Waals surface area contributed by atoms with Crippen molar-refractivity contribution in [2.45, 2.75) is 13.8 Å². The van der Waals surface area contributed by atoms with Gasteiger partial charge in [0.15, 0.2) is 11.5 Å². The molecule has 1 aromatic carbocycles. The number of ketones is 1. The summed E-state index contributed by atoms with van der Waals surface area (Å²) in [7, 11) is 0. The Labute approximate surface area is 119 Å². The second kappa shape index (κ2) is 4.93. The molecular formula is C13H11N5OS. The SMILES string of the molecule is CC(=O)c1nnn(-c2nnc(C)s2)c1-c1ccccc1. The summed E-state index contributed by atoms with van der Waals surface area (Å²) in [6, 6.07) is 9.55. The van der Waals surface area contributed by atoms with Crippen molar-refractivity contribution in [3.63, 3.8) is 0 Å². The van der Waals surface area contributed by atoms with Crippen molar-refractivity contribution in [2.75, 3.05) is 0 Å². The number of carbonyl (C=O) groups is 1. The smallest absolute Gasteiger partial charge is 0.234 e. The van der Waals surface area contributed by atoms with Gasteiger partial charge in [-0.3, -0.25) is 4.79 Å². The van der Waals surface area contributed by atoms with Crippen LogP contribution in [0.4, 0.5) is 0 Å². The molecule has 0 aliphatic carbocycles. The van der Waals surface area contributed by atoms with Gasteiger partial charge in [-0.2, -0.15) is 4.68 Å². The number of hydrogen-bond donors (Lipinski definition) is 0. The Morgan fingerprint density at radius 1 is 1.15 bits per heavy atom. The first-order valence-corrected chi connectivity index (χ1v) is 6.81. The van der Waals surface area contributed by atoms with E-state index < -0.39 is 0 Å². The molecule has 6 nitrogen and oxygen atoms in total. The van der Waals surface area contributed by atoms with Crippen molar-refractivity contribution in [1.82, 2.24) is 25.2 Å². The quantitative estimate of drug-likeness (QED) is 0.690. The van der Waals surface area contributed by atoms with E-state index in [1.54, 1.807) is 4.68 Å². The molecule has 2 heterocycles. The van der Waals surface area contributed by atoms with Crippen LogP contribution in [0.3, 0.4) is 0 Å². The summed E-state index contributed by atoms with van der Waals surface area (Å²) in [6.07, 6.45) is 0. The van der Waals surface area contributed by atoms with Gasteiger partial charge in [-0.25, -0.2) is 0 Å². The minimum absolute atomic E-state index is 0.128. The lowest BCUT2D eigenvalue weighted by molar-refractivity contribution is 0.101. The molecular weight excluding hydrogens is 274 g/mol. The lowest BCUT2D eigenvalue weighted by Crippen LogP contribution is -2.01. The van der Waals surface area contributed by atoms with Crippen LogP contribution in [-0.2, 0) is 0 Å². The number of aryl methyl sites for hydroxylation is 1. The summed E-state index contributed by atoms with van der Waals surface area (Å²) in [5.41, 5.74) is 1.86. The van der Waals surface area contributed by atoms with Gasteiger partial charge < -0.3 is 0 Å². The Morgan fingerprint density at radius 3 is 2.50 bits per heavy atom. The Balaban J connectivity index is 2.24. The summed E-state index contributed by atoms with van der Waals surface area (Å²) in [5.74, 6) is -0.128. The molecule has 0 unspecified atom stereocenters. The van der Waals surface area contributed by atoms with Gasteiger partial charge in [0.1, 0.15) is 10.7 Å². The molecule has 2 aromatic heterocycles. The van der Waals surface area contributed by atoms with E-state index in [0.717, 1.165) is 10.6 Å². The molecule has 0 saturated heterocycles. The molecule has 0 aliphatic heterocycles. The Hall–Kier alpha value is -2.41. The first kappa shape index (κ1) is 12.6. The fraction of sp³-hybridized carbons (Fsp3) is 0.154. The van der Waals surface area contributed by atoms with E-state index in [1.165, 1.54) is 18.3 Å². The lowest BCUT2D eigenvalue weighted by Gasteiger charge is -2.03. The molecule has 20 heavy (non-hydrogen) atoms. The van der Waals surface area contributed by atoms with Crippen LogP contribution in [0.15, 0.2) is 30.3 Å². The zero-order valence-electron chi connectivity index (χ0n) is 10.9. The van der Waals surface area contributed by atoms with Gasteiger partial charge in [0.05, 0.1) is 0 Å². The molecule has 3 rings (SSSR count). The monoisotopic (exact) mass is 285 g/mol. The van der Waals surface area contributed by atoms with Crippen molar-refractivity contribution in [2.24, 2.45) is 0 Å². The molecule has 0 fully saturated rings. The lowest BCUT2D eigenvalue weighted by atomic mass is 10.1. The normalized spacial score (nSPS) is 10.7. The molecule has 0 amide bonds. The van der Waals surface area contributed by atoms with Gasteiger partial charge in [0, 0.05) is 12.5 Å². The van der Waals surface area contributed by atoms with E-state index in [1.807, 2.05) is 37.3 Å². The van der Waals surface area contributed by atoms with Crippen LogP contribution < -0.4 is 0 Å². The van der Waals surface area contributed by atoms with E-state index in [0.29, 0.717) is 16.5 Å². The maximum absolute atomic E-state index is 11.7. The minimum Gasteiger partial charge on any atom is -0.293 e. The van der Waals surface area contributed by atoms with Crippen molar-refractivity contribution in [3.05, 3.63) is 41.0 Å². The van der Waals surface area contributed by atoms with Gasteiger partial charge in [-0.15, -0.1) is 15.3 Å². The minimum atomic E-state index is -0.128. The molecule has 3 aromatic rings. The predicted octanol–water partition coefficient (Wildman–Crippen LogP) is 2.30. The molecule has 0 spiro atoms. The van der Waals surface area contributed by atoms with Crippen molar-refractivity contribution < 1.29 is 4.79 Å². The molecule has 100 valence electrons. The summed E-state index contributed by atoms with van der Waals surface area (Å²) in [4.78, 5) is 11.7. The van der Waals surface area contributed by atoms with Crippen molar-refractivity contribution >= 4 is 17.1 Å². The fourth-order valence-electron chi connectivity index (χ4n) is 1.88. The summed E-state index contributed by atoms with van der Waals surface area (Å²) in [6.45, 7) is 3.35. The molecule has 0 bridgehead atoms. The zero-order valence-corrected chi connectivity index (χ0v) is 11.8. The Kier molecular flexibility index (Phi) is 3.11. The summed E-state index contributed by atoms with van der Waals surface area (Å²) < 4.78 is 1.57. The van der Waals surface area contributed by atoms with E-state index in [2.05, 4.69) is 20.5 Å². The summed E-state index contributed by atoms with van der Waals surface area (Å²) in [5, 5.41) is 17.5. The highest BCUT2D eigenvalue weighted by Gasteiger charge is 2.21. The number of nitrogens with zero attached hydrogens (tertiary/aromatic N) is 5. The number of benzene rings is 1. The number of aromatic nitrogens is 5. The van der Waals surface area contributed by atoms with Gasteiger partial charge in [0.2, 0.25) is 5.13 Å². The molecule has 0 saturated carbocycles. The highest BCUT2D eigenvalue weighted by molar-refractivity contribution is 7.13. The zero-order chi connectivity index (χ0) is 14.1. The van der Waals surface area contributed by atoms with Crippen LogP contribution in [0, 0.1) is 6.92 Å². The standard InChI is InChI=1S/C13H11N5OS/c1-8(19)11-12(10-6-4-3-5-7-10)18(17-15-11)13-16-14-9(2)20-13/h3-7H,1-2H3. The maximum Gasteiger partial charge on any atom is 0.234 e. The third-order valence-electron chi connectivity index (χ3n) is 2.75. The number of Topliss-reactive ketones (excluding diaryl/α,β-unsaturated/α-hetero) is 1. The van der Waals surface area contributed by atoms with Gasteiger partial charge in [-0.05, 0) is 6.92 Å². The first-order chi connectivity index (χ1) is 9.66. The fourth-order valence-corrected chi connectivity index (χ4v) is 2.52. The summed E-state index contributed by atoms with van der Waals surface area (Å²) >= 11 is 1.40. The van der Waals surface area contributed by atoms with Gasteiger partial charge >= 0.3 is 0 Å². The van der Waals surface area contributed by atoms with Crippen LogP contribution in [0.2, 0.25) is 0 Å². The Bertz CT molecular complexity index is 762. The van der Waals surface area contributed by atoms with Crippen molar-refractivity contribution in [1.29, 1.82) is 0 Å². The molecule has 7 heteroatoms. The first-order valence-electron chi connectivity index (χ1n) is 5.99. The largest absolute Gasteiger partial charge is 0.293 e. The Morgan fingerprint density at radius 2 is 1.90 bits per heavy atom. The van der Waals surface area contributed by atoms with Crippen molar-refractivity contribution in [3.8, 4) is 16.4 Å². The maximum atomic E-state index is 11.7. The third-order valence-corrected chi connectivity index (χ3v) is 3.56. The second-order valence-electron chi connectivity index (χ2n) is 4.22. The number of carbonyl (C=O) groups excluding carboxylic acids is 1.